The van der Waals surface area contributed by atoms with Gasteiger partial charge in [0.05, 0.1) is 5.69 Å². The van der Waals surface area contributed by atoms with Crippen LogP contribution in [0.3, 0.4) is 0 Å². The number of carbonyl (C=O) groups excluding carboxylic acids is 1. The number of benzene rings is 2. The number of carbonyl (C=O) groups is 1. The van der Waals surface area contributed by atoms with E-state index < -0.39 is 28.9 Å². The molecule has 0 aliphatic heterocycles. The molecule has 1 N–H and O–H groups in total. The van der Waals surface area contributed by atoms with Gasteiger partial charge in [0.1, 0.15) is 23.0 Å². The van der Waals surface area contributed by atoms with Crippen LogP contribution in [0.1, 0.15) is 15.9 Å². The Morgan fingerprint density at radius 1 is 1.14 bits per heavy atom. The minimum Gasteiger partial charge on any atom is -0.321 e. The fourth-order valence-corrected chi connectivity index (χ4v) is 2.41. The molecule has 7 heteroatoms. The van der Waals surface area contributed by atoms with Crippen molar-refractivity contribution in [3.63, 3.8) is 0 Å². The van der Waals surface area contributed by atoms with Gasteiger partial charge in [0.25, 0.3) is 5.91 Å². The second kappa shape index (κ2) is 6.07. The van der Waals surface area contributed by atoms with Crippen LogP contribution >= 0.6 is 27.5 Å². The number of rotatable bonds is 2. The maximum absolute atomic E-state index is 13.5. The number of hydrogen-bond donors (Lipinski definition) is 1. The Labute approximate surface area is 132 Å². The zero-order chi connectivity index (χ0) is 15.7. The quantitative estimate of drug-likeness (QED) is 0.776. The number of halogens is 5. The minimum atomic E-state index is -1.28. The van der Waals surface area contributed by atoms with Gasteiger partial charge in [0.2, 0.25) is 0 Å². The molecule has 2 aromatic rings. The molecule has 1 amide bonds. The van der Waals surface area contributed by atoms with Crippen LogP contribution in [-0.4, -0.2) is 5.91 Å². The third-order valence-electron chi connectivity index (χ3n) is 2.73. The lowest BCUT2D eigenvalue weighted by molar-refractivity contribution is 0.101. The van der Waals surface area contributed by atoms with Gasteiger partial charge in [-0.2, -0.15) is 0 Å². The standard InChI is InChI=1S/C14H8BrClF3NO/c1-6-2-8(15)12(5-9(6)16)20-14(21)13-10(18)3-7(17)4-11(13)19/h2-5H,1H3,(H,20,21). The molecule has 0 aromatic heterocycles. The maximum Gasteiger partial charge on any atom is 0.261 e. The predicted octanol–water partition coefficient (Wildman–Crippen LogP) is 5.08. The molecule has 0 unspecified atom stereocenters. The van der Waals surface area contributed by atoms with E-state index in [1.807, 2.05) is 0 Å². The summed E-state index contributed by atoms with van der Waals surface area (Å²) in [4.78, 5) is 11.9. The van der Waals surface area contributed by atoms with Crippen LogP contribution < -0.4 is 5.32 Å². The topological polar surface area (TPSA) is 29.1 Å². The molecular formula is C14H8BrClF3NO. The van der Waals surface area contributed by atoms with E-state index in [2.05, 4.69) is 21.2 Å². The lowest BCUT2D eigenvalue weighted by Gasteiger charge is -2.10. The van der Waals surface area contributed by atoms with E-state index in [0.29, 0.717) is 21.6 Å². The summed E-state index contributed by atoms with van der Waals surface area (Å²) in [7, 11) is 0. The van der Waals surface area contributed by atoms with E-state index in [9.17, 15) is 18.0 Å². The first-order chi connectivity index (χ1) is 9.79. The van der Waals surface area contributed by atoms with Gasteiger partial charge in [-0.05, 0) is 40.5 Å². The molecule has 2 aromatic carbocycles. The highest BCUT2D eigenvalue weighted by Crippen LogP contribution is 2.30. The average Bonchev–Trinajstić information content (AvgIpc) is 2.34. The summed E-state index contributed by atoms with van der Waals surface area (Å²) >= 11 is 9.14. The van der Waals surface area contributed by atoms with Crippen molar-refractivity contribution in [3.8, 4) is 0 Å². The van der Waals surface area contributed by atoms with Gasteiger partial charge in [-0.15, -0.1) is 0 Å². The Hall–Kier alpha value is -1.53. The molecule has 110 valence electrons. The van der Waals surface area contributed by atoms with Crippen molar-refractivity contribution in [2.24, 2.45) is 0 Å². The molecule has 0 heterocycles. The summed E-state index contributed by atoms with van der Waals surface area (Å²) in [6.45, 7) is 1.76. The molecule has 0 atom stereocenters. The SMILES string of the molecule is Cc1cc(Br)c(NC(=O)c2c(F)cc(F)cc2F)cc1Cl. The Bertz CT molecular complexity index is 713. The molecule has 0 bridgehead atoms. The van der Waals surface area contributed by atoms with Crippen molar-refractivity contribution in [1.29, 1.82) is 0 Å². The Morgan fingerprint density at radius 2 is 1.71 bits per heavy atom. The molecule has 0 spiro atoms. The molecule has 2 nitrogen and oxygen atoms in total. The lowest BCUT2D eigenvalue weighted by Crippen LogP contribution is -2.16. The van der Waals surface area contributed by atoms with E-state index in [0.717, 1.165) is 5.56 Å². The maximum atomic E-state index is 13.5. The highest BCUT2D eigenvalue weighted by Gasteiger charge is 2.20. The fraction of sp³-hybridized carbons (Fsp3) is 0.0714. The van der Waals surface area contributed by atoms with Crippen molar-refractivity contribution < 1.29 is 18.0 Å². The average molecular weight is 379 g/mol. The van der Waals surface area contributed by atoms with Crippen molar-refractivity contribution in [2.45, 2.75) is 6.92 Å². The Balaban J connectivity index is 2.37. The van der Waals surface area contributed by atoms with Crippen molar-refractivity contribution in [3.05, 3.63) is 62.3 Å². The smallest absolute Gasteiger partial charge is 0.261 e. The van der Waals surface area contributed by atoms with E-state index in [-0.39, 0.29) is 5.69 Å². The van der Waals surface area contributed by atoms with Crippen LogP contribution in [-0.2, 0) is 0 Å². The molecule has 0 fully saturated rings. The van der Waals surface area contributed by atoms with Gasteiger partial charge in [-0.3, -0.25) is 4.79 Å². The zero-order valence-electron chi connectivity index (χ0n) is 10.6. The molecule has 0 saturated heterocycles. The normalized spacial score (nSPS) is 10.6. The molecule has 21 heavy (non-hydrogen) atoms. The summed E-state index contributed by atoms with van der Waals surface area (Å²) in [6, 6.07) is 3.97. The number of hydrogen-bond acceptors (Lipinski definition) is 1. The number of nitrogens with one attached hydrogen (secondary N) is 1. The number of aryl methyl sites for hydroxylation is 1. The third-order valence-corrected chi connectivity index (χ3v) is 3.79. The van der Waals surface area contributed by atoms with Crippen LogP contribution in [0.4, 0.5) is 18.9 Å². The second-order valence-electron chi connectivity index (χ2n) is 4.28. The zero-order valence-corrected chi connectivity index (χ0v) is 12.9. The molecular weight excluding hydrogens is 371 g/mol. The fourth-order valence-electron chi connectivity index (χ4n) is 1.69. The van der Waals surface area contributed by atoms with Crippen molar-refractivity contribution in [1.82, 2.24) is 0 Å². The van der Waals surface area contributed by atoms with E-state index in [1.165, 1.54) is 6.07 Å². The summed E-state index contributed by atoms with van der Waals surface area (Å²) < 4.78 is 40.4. The Morgan fingerprint density at radius 3 is 2.29 bits per heavy atom. The first-order valence-corrected chi connectivity index (χ1v) is 6.88. The number of anilines is 1. The van der Waals surface area contributed by atoms with Gasteiger partial charge in [-0.25, -0.2) is 13.2 Å². The highest BCUT2D eigenvalue weighted by atomic mass is 79.9. The minimum absolute atomic E-state index is 0.249. The van der Waals surface area contributed by atoms with Crippen molar-refractivity contribution >= 4 is 39.1 Å². The summed E-state index contributed by atoms with van der Waals surface area (Å²) in [6.07, 6.45) is 0. The van der Waals surface area contributed by atoms with Crippen LogP contribution in [0.15, 0.2) is 28.7 Å². The van der Waals surface area contributed by atoms with Crippen LogP contribution in [0.2, 0.25) is 5.02 Å². The van der Waals surface area contributed by atoms with E-state index >= 15 is 0 Å². The molecule has 0 aliphatic rings. The second-order valence-corrected chi connectivity index (χ2v) is 5.54. The predicted molar refractivity (Wildman–Crippen MR) is 78.2 cm³/mol. The molecule has 2 rings (SSSR count). The molecule has 0 aliphatic carbocycles. The van der Waals surface area contributed by atoms with Crippen LogP contribution in [0.5, 0.6) is 0 Å². The Kier molecular flexibility index (Phi) is 4.58. The lowest BCUT2D eigenvalue weighted by atomic mass is 10.1. The van der Waals surface area contributed by atoms with Crippen molar-refractivity contribution in [2.75, 3.05) is 5.32 Å². The van der Waals surface area contributed by atoms with Gasteiger partial charge < -0.3 is 5.32 Å². The summed E-state index contributed by atoms with van der Waals surface area (Å²) in [5, 5.41) is 2.71. The monoisotopic (exact) mass is 377 g/mol. The first-order valence-electron chi connectivity index (χ1n) is 5.71. The van der Waals surface area contributed by atoms with Gasteiger partial charge in [0, 0.05) is 21.6 Å². The highest BCUT2D eigenvalue weighted by molar-refractivity contribution is 9.10. The summed E-state index contributed by atoms with van der Waals surface area (Å²) in [5.41, 5.74) is 0.152. The number of amides is 1. The summed E-state index contributed by atoms with van der Waals surface area (Å²) in [5.74, 6) is -4.69. The van der Waals surface area contributed by atoms with Gasteiger partial charge in [-0.1, -0.05) is 11.6 Å². The van der Waals surface area contributed by atoms with E-state index in [1.54, 1.807) is 13.0 Å². The van der Waals surface area contributed by atoms with E-state index in [4.69, 9.17) is 11.6 Å². The first kappa shape index (κ1) is 15.9. The molecule has 0 radical (unpaired) electrons. The van der Waals surface area contributed by atoms with Crippen LogP contribution in [0.25, 0.3) is 0 Å². The van der Waals surface area contributed by atoms with Crippen LogP contribution in [0, 0.1) is 24.4 Å². The van der Waals surface area contributed by atoms with Gasteiger partial charge >= 0.3 is 0 Å². The van der Waals surface area contributed by atoms with Gasteiger partial charge in [0.15, 0.2) is 0 Å². The molecule has 0 saturated carbocycles. The third kappa shape index (κ3) is 3.39. The largest absolute Gasteiger partial charge is 0.321 e.